The van der Waals surface area contributed by atoms with Gasteiger partial charge in [0, 0.05) is 45.1 Å². The van der Waals surface area contributed by atoms with Crippen LogP contribution in [0.15, 0.2) is 12.3 Å². The molecule has 1 aliphatic heterocycles. The summed E-state index contributed by atoms with van der Waals surface area (Å²) in [5.41, 5.74) is 0. The number of amides is 2. The number of rotatable bonds is 6. The van der Waals surface area contributed by atoms with Crippen molar-refractivity contribution < 1.29 is 9.53 Å². The van der Waals surface area contributed by atoms with Crippen molar-refractivity contribution in [3.05, 3.63) is 12.3 Å². The second-order valence-corrected chi connectivity index (χ2v) is 6.33. The number of carbonyl (C=O) groups is 1. The van der Waals surface area contributed by atoms with Gasteiger partial charge in [-0.2, -0.15) is 5.10 Å². The molecule has 0 spiro atoms. The number of hydrogen-bond acceptors (Lipinski definition) is 3. The van der Waals surface area contributed by atoms with E-state index in [0.29, 0.717) is 11.9 Å². The first-order valence-corrected chi connectivity index (χ1v) is 8.38. The minimum atomic E-state index is 0.0107. The monoisotopic (exact) mass is 306 g/mol. The molecule has 2 heterocycles. The highest BCUT2D eigenvalue weighted by atomic mass is 16.5. The number of urea groups is 1. The van der Waals surface area contributed by atoms with E-state index in [1.165, 1.54) is 19.3 Å². The molecule has 1 atom stereocenters. The fourth-order valence-electron chi connectivity index (χ4n) is 3.46. The summed E-state index contributed by atoms with van der Waals surface area (Å²) in [6.45, 7) is 2.40. The largest absolute Gasteiger partial charge is 0.385 e. The van der Waals surface area contributed by atoms with Crippen molar-refractivity contribution in [3.63, 3.8) is 0 Å². The first-order chi connectivity index (χ1) is 10.8. The summed E-state index contributed by atoms with van der Waals surface area (Å²) in [7, 11) is 1.70. The molecule has 2 aliphatic rings. The lowest BCUT2D eigenvalue weighted by Gasteiger charge is -2.36. The summed E-state index contributed by atoms with van der Waals surface area (Å²) < 4.78 is 6.88. The van der Waals surface area contributed by atoms with Gasteiger partial charge in [0.1, 0.15) is 0 Å². The molecule has 22 heavy (non-hydrogen) atoms. The van der Waals surface area contributed by atoms with Gasteiger partial charge in [0.2, 0.25) is 0 Å². The van der Waals surface area contributed by atoms with Crippen molar-refractivity contribution in [2.75, 3.05) is 25.6 Å². The van der Waals surface area contributed by atoms with Crippen LogP contribution in [0.4, 0.5) is 10.6 Å². The topological polar surface area (TPSA) is 59.4 Å². The van der Waals surface area contributed by atoms with Crippen LogP contribution in [0.2, 0.25) is 0 Å². The molecule has 1 N–H and O–H groups in total. The number of nitrogens with zero attached hydrogens (tertiary/aromatic N) is 3. The van der Waals surface area contributed by atoms with E-state index >= 15 is 0 Å². The SMILES string of the molecule is COCCCn1ccc(NC(=O)N2CCCC2C2CCC2)n1. The van der Waals surface area contributed by atoms with E-state index in [1.807, 2.05) is 21.8 Å². The first-order valence-electron chi connectivity index (χ1n) is 8.38. The van der Waals surface area contributed by atoms with Crippen LogP contribution in [0.5, 0.6) is 0 Å². The van der Waals surface area contributed by atoms with Gasteiger partial charge in [-0.3, -0.25) is 10.00 Å². The quantitative estimate of drug-likeness (QED) is 0.822. The number of ether oxygens (including phenoxy) is 1. The minimum Gasteiger partial charge on any atom is -0.385 e. The van der Waals surface area contributed by atoms with Crippen LogP contribution >= 0.6 is 0 Å². The average molecular weight is 306 g/mol. The molecule has 1 saturated heterocycles. The third-order valence-electron chi connectivity index (χ3n) is 4.87. The van der Waals surface area contributed by atoms with E-state index in [1.54, 1.807) is 7.11 Å². The summed E-state index contributed by atoms with van der Waals surface area (Å²) in [5, 5.41) is 7.35. The third kappa shape index (κ3) is 3.43. The third-order valence-corrected chi connectivity index (χ3v) is 4.87. The van der Waals surface area contributed by atoms with Gasteiger partial charge in [-0.25, -0.2) is 4.79 Å². The highest BCUT2D eigenvalue weighted by Gasteiger charge is 2.37. The molecule has 1 aromatic heterocycles. The molecule has 0 aromatic carbocycles. The molecule has 6 nitrogen and oxygen atoms in total. The summed E-state index contributed by atoms with van der Waals surface area (Å²) >= 11 is 0. The van der Waals surface area contributed by atoms with E-state index in [2.05, 4.69) is 10.4 Å². The summed E-state index contributed by atoms with van der Waals surface area (Å²) in [5.74, 6) is 1.36. The Hall–Kier alpha value is -1.56. The molecule has 122 valence electrons. The molecule has 2 amide bonds. The molecule has 1 unspecified atom stereocenters. The lowest BCUT2D eigenvalue weighted by Crippen LogP contribution is -2.44. The number of likely N-dealkylation sites (tertiary alicyclic amines) is 1. The first kappa shape index (κ1) is 15.3. The average Bonchev–Trinajstić information content (AvgIpc) is 3.07. The smallest absolute Gasteiger partial charge is 0.323 e. The molecule has 0 radical (unpaired) electrons. The molecule has 1 saturated carbocycles. The Balaban J connectivity index is 1.52. The van der Waals surface area contributed by atoms with E-state index in [0.717, 1.165) is 44.9 Å². The fraction of sp³-hybridized carbons (Fsp3) is 0.750. The number of anilines is 1. The zero-order chi connectivity index (χ0) is 15.4. The molecule has 1 aliphatic carbocycles. The van der Waals surface area contributed by atoms with E-state index in [-0.39, 0.29) is 6.03 Å². The molecular weight excluding hydrogens is 280 g/mol. The Kier molecular flexibility index (Phi) is 4.97. The van der Waals surface area contributed by atoms with Crippen LogP contribution in [-0.4, -0.2) is 47.0 Å². The highest BCUT2D eigenvalue weighted by molar-refractivity contribution is 5.88. The van der Waals surface area contributed by atoms with Gasteiger partial charge < -0.3 is 9.64 Å². The van der Waals surface area contributed by atoms with Gasteiger partial charge in [0.15, 0.2) is 5.82 Å². The summed E-state index contributed by atoms with van der Waals surface area (Å²) in [6, 6.07) is 2.31. The zero-order valence-corrected chi connectivity index (χ0v) is 13.3. The summed E-state index contributed by atoms with van der Waals surface area (Å²) in [6.07, 6.45) is 8.98. The van der Waals surface area contributed by atoms with Gasteiger partial charge in [-0.1, -0.05) is 6.42 Å². The number of methoxy groups -OCH3 is 1. The van der Waals surface area contributed by atoms with Crippen molar-refractivity contribution in [3.8, 4) is 0 Å². The highest BCUT2D eigenvalue weighted by Crippen LogP contribution is 2.37. The van der Waals surface area contributed by atoms with Crippen molar-refractivity contribution in [2.24, 2.45) is 5.92 Å². The lowest BCUT2D eigenvalue weighted by atomic mass is 9.79. The molecular formula is C16H26N4O2. The number of nitrogens with one attached hydrogen (secondary N) is 1. The van der Waals surface area contributed by atoms with Crippen molar-refractivity contribution in [2.45, 2.75) is 51.1 Å². The number of carbonyl (C=O) groups excluding carboxylic acids is 1. The van der Waals surface area contributed by atoms with E-state index in [4.69, 9.17) is 4.74 Å². The van der Waals surface area contributed by atoms with Gasteiger partial charge in [-0.15, -0.1) is 0 Å². The Bertz CT molecular complexity index is 498. The van der Waals surface area contributed by atoms with Crippen LogP contribution in [0.25, 0.3) is 0 Å². The van der Waals surface area contributed by atoms with Crippen molar-refractivity contribution >= 4 is 11.8 Å². The fourth-order valence-corrected chi connectivity index (χ4v) is 3.46. The van der Waals surface area contributed by atoms with Gasteiger partial charge in [-0.05, 0) is 38.0 Å². The Morgan fingerprint density at radius 2 is 2.27 bits per heavy atom. The normalized spacial score (nSPS) is 21.9. The maximum Gasteiger partial charge on any atom is 0.323 e. The van der Waals surface area contributed by atoms with E-state index in [9.17, 15) is 4.79 Å². The number of aryl methyl sites for hydroxylation is 1. The maximum atomic E-state index is 12.5. The second kappa shape index (κ2) is 7.13. The van der Waals surface area contributed by atoms with Crippen LogP contribution in [0.1, 0.15) is 38.5 Å². The molecule has 2 fully saturated rings. The van der Waals surface area contributed by atoms with Crippen molar-refractivity contribution in [1.29, 1.82) is 0 Å². The zero-order valence-electron chi connectivity index (χ0n) is 13.3. The maximum absolute atomic E-state index is 12.5. The Morgan fingerprint density at radius 3 is 3.00 bits per heavy atom. The Morgan fingerprint density at radius 1 is 1.41 bits per heavy atom. The molecule has 3 rings (SSSR count). The van der Waals surface area contributed by atoms with Gasteiger partial charge >= 0.3 is 6.03 Å². The Labute approximate surface area is 131 Å². The lowest BCUT2D eigenvalue weighted by molar-refractivity contribution is 0.147. The van der Waals surface area contributed by atoms with Crippen LogP contribution in [0, 0.1) is 5.92 Å². The van der Waals surface area contributed by atoms with Crippen LogP contribution < -0.4 is 5.32 Å². The van der Waals surface area contributed by atoms with Gasteiger partial charge in [0.05, 0.1) is 0 Å². The molecule has 6 heteroatoms. The second-order valence-electron chi connectivity index (χ2n) is 6.33. The number of aromatic nitrogens is 2. The predicted molar refractivity (Wildman–Crippen MR) is 84.8 cm³/mol. The van der Waals surface area contributed by atoms with Gasteiger partial charge in [0.25, 0.3) is 0 Å². The predicted octanol–water partition coefficient (Wildman–Crippen LogP) is 2.72. The van der Waals surface area contributed by atoms with Crippen molar-refractivity contribution in [1.82, 2.24) is 14.7 Å². The standard InChI is InChI=1S/C16H26N4O2/c1-22-12-4-9-19-11-8-15(18-19)17-16(21)20-10-3-7-14(20)13-5-2-6-13/h8,11,13-14H,2-7,9-10,12H2,1H3,(H,17,18,21). The molecule has 1 aromatic rings. The number of hydrogen-bond donors (Lipinski definition) is 1. The van der Waals surface area contributed by atoms with Crippen LogP contribution in [0.3, 0.4) is 0 Å². The molecule has 0 bridgehead atoms. The van der Waals surface area contributed by atoms with E-state index < -0.39 is 0 Å². The minimum absolute atomic E-state index is 0.0107. The summed E-state index contributed by atoms with van der Waals surface area (Å²) in [4.78, 5) is 14.5. The van der Waals surface area contributed by atoms with Crippen LogP contribution in [-0.2, 0) is 11.3 Å².